The van der Waals surface area contributed by atoms with Crippen LogP contribution < -0.4 is 5.69 Å². The Morgan fingerprint density at radius 1 is 1.16 bits per heavy atom. The molecule has 1 N–H and O–H groups in total. The lowest BCUT2D eigenvalue weighted by Gasteiger charge is -2.11. The molecule has 0 unspecified atom stereocenters. The minimum Gasteiger partial charge on any atom is -0.306 e. The van der Waals surface area contributed by atoms with Gasteiger partial charge in [-0.15, -0.1) is 11.8 Å². The van der Waals surface area contributed by atoms with Crippen molar-refractivity contribution in [1.82, 2.24) is 19.5 Å². The van der Waals surface area contributed by atoms with Gasteiger partial charge in [0.25, 0.3) is 6.43 Å². The van der Waals surface area contributed by atoms with Gasteiger partial charge in [0.05, 0.1) is 28.0 Å². The zero-order valence-electron chi connectivity index (χ0n) is 16.3. The van der Waals surface area contributed by atoms with E-state index in [0.717, 1.165) is 11.0 Å². The van der Waals surface area contributed by atoms with Gasteiger partial charge in [-0.3, -0.25) is 9.55 Å². The summed E-state index contributed by atoms with van der Waals surface area (Å²) in [5.41, 5.74) is 1.66. The van der Waals surface area contributed by atoms with Gasteiger partial charge in [0.15, 0.2) is 0 Å². The molecule has 0 spiro atoms. The fraction of sp³-hybridized carbons (Fsp3) is 0.182. The molecule has 4 rings (SSSR count). The van der Waals surface area contributed by atoms with Crippen molar-refractivity contribution in [2.45, 2.75) is 24.4 Å². The number of thioether (sulfide) groups is 1. The predicted octanol–water partition coefficient (Wildman–Crippen LogP) is 4.78. The SMILES string of the molecule is N#Cc1c(C(F)F)cc(-c2ccccn2)nc1SCCCn1c(=O)[nH]c2ccccc21. The molecule has 0 atom stereocenters. The lowest BCUT2D eigenvalue weighted by molar-refractivity contribution is 0.150. The summed E-state index contributed by atoms with van der Waals surface area (Å²) >= 11 is 1.22. The Bertz CT molecular complexity index is 1310. The Balaban J connectivity index is 1.56. The number of aromatic amines is 1. The molecule has 9 heteroatoms. The van der Waals surface area contributed by atoms with Crippen LogP contribution in [0.3, 0.4) is 0 Å². The molecule has 0 fully saturated rings. The summed E-state index contributed by atoms with van der Waals surface area (Å²) in [5.74, 6) is 0.502. The minimum absolute atomic E-state index is 0.121. The Morgan fingerprint density at radius 3 is 2.71 bits per heavy atom. The average molecular weight is 437 g/mol. The maximum Gasteiger partial charge on any atom is 0.326 e. The molecule has 0 aliphatic rings. The van der Waals surface area contributed by atoms with Crippen molar-refractivity contribution in [1.29, 1.82) is 5.26 Å². The van der Waals surface area contributed by atoms with Crippen LogP contribution in [0.15, 0.2) is 64.5 Å². The fourth-order valence-corrected chi connectivity index (χ4v) is 4.23. The number of rotatable bonds is 7. The number of para-hydroxylation sites is 2. The molecule has 1 aromatic carbocycles. The normalized spacial score (nSPS) is 11.2. The van der Waals surface area contributed by atoms with E-state index in [2.05, 4.69) is 15.0 Å². The summed E-state index contributed by atoms with van der Waals surface area (Å²) in [6, 6.07) is 15.7. The van der Waals surface area contributed by atoms with Crippen molar-refractivity contribution in [3.63, 3.8) is 0 Å². The molecule has 4 aromatic rings. The van der Waals surface area contributed by atoms with E-state index in [1.807, 2.05) is 30.3 Å². The average Bonchev–Trinajstić information content (AvgIpc) is 3.11. The number of pyridine rings is 2. The van der Waals surface area contributed by atoms with Crippen molar-refractivity contribution in [3.8, 4) is 17.5 Å². The third-order valence-corrected chi connectivity index (χ3v) is 5.80. The highest BCUT2D eigenvalue weighted by atomic mass is 32.2. The first-order chi connectivity index (χ1) is 15.1. The summed E-state index contributed by atoms with van der Waals surface area (Å²) in [5, 5.41) is 9.71. The number of benzene rings is 1. The van der Waals surface area contributed by atoms with E-state index >= 15 is 0 Å². The van der Waals surface area contributed by atoms with Crippen LogP contribution in [0.25, 0.3) is 22.4 Å². The van der Waals surface area contributed by atoms with E-state index in [9.17, 15) is 18.8 Å². The van der Waals surface area contributed by atoms with Crippen molar-refractivity contribution in [3.05, 3.63) is 76.3 Å². The number of nitrogens with one attached hydrogen (secondary N) is 1. The van der Waals surface area contributed by atoms with Gasteiger partial charge in [-0.2, -0.15) is 5.26 Å². The van der Waals surface area contributed by atoms with Crippen LogP contribution in [0, 0.1) is 11.3 Å². The number of hydrogen-bond acceptors (Lipinski definition) is 5. The number of nitrogens with zero attached hydrogens (tertiary/aromatic N) is 4. The van der Waals surface area contributed by atoms with Crippen molar-refractivity contribution < 1.29 is 8.78 Å². The fourth-order valence-electron chi connectivity index (χ4n) is 3.30. The van der Waals surface area contributed by atoms with Gasteiger partial charge in [0.1, 0.15) is 11.1 Å². The largest absolute Gasteiger partial charge is 0.326 e. The summed E-state index contributed by atoms with van der Waals surface area (Å²) in [4.78, 5) is 23.6. The second kappa shape index (κ2) is 9.10. The Labute approximate surface area is 180 Å². The number of aromatic nitrogens is 4. The number of halogens is 2. The van der Waals surface area contributed by atoms with Crippen molar-refractivity contribution in [2.75, 3.05) is 5.75 Å². The van der Waals surface area contributed by atoms with Crippen LogP contribution in [-0.4, -0.2) is 25.3 Å². The molecule has 0 amide bonds. The first kappa shape index (κ1) is 20.8. The molecule has 3 aromatic heterocycles. The van der Waals surface area contributed by atoms with Crippen LogP contribution in [0.1, 0.15) is 24.0 Å². The monoisotopic (exact) mass is 437 g/mol. The molecule has 0 aliphatic carbocycles. The summed E-state index contributed by atoms with van der Waals surface area (Å²) in [7, 11) is 0. The highest BCUT2D eigenvalue weighted by molar-refractivity contribution is 7.99. The van der Waals surface area contributed by atoms with E-state index in [-0.39, 0.29) is 21.8 Å². The van der Waals surface area contributed by atoms with E-state index < -0.39 is 6.43 Å². The molecule has 31 heavy (non-hydrogen) atoms. The van der Waals surface area contributed by atoms with Crippen LogP contribution in [0.5, 0.6) is 0 Å². The summed E-state index contributed by atoms with van der Waals surface area (Å²) in [6.45, 7) is 0.458. The number of fused-ring (bicyclic) bond motifs is 1. The number of alkyl halides is 2. The summed E-state index contributed by atoms with van der Waals surface area (Å²) in [6.07, 6.45) is -0.649. The molecular weight excluding hydrogens is 420 g/mol. The van der Waals surface area contributed by atoms with E-state index in [1.165, 1.54) is 17.8 Å². The zero-order chi connectivity index (χ0) is 21.8. The first-order valence-corrected chi connectivity index (χ1v) is 10.5. The molecule has 0 radical (unpaired) electrons. The van der Waals surface area contributed by atoms with E-state index in [0.29, 0.717) is 30.1 Å². The number of hydrogen-bond donors (Lipinski definition) is 1. The highest BCUT2D eigenvalue weighted by Gasteiger charge is 2.20. The quantitative estimate of drug-likeness (QED) is 0.332. The summed E-state index contributed by atoms with van der Waals surface area (Å²) < 4.78 is 28.9. The topological polar surface area (TPSA) is 87.4 Å². The van der Waals surface area contributed by atoms with Gasteiger partial charge < -0.3 is 4.98 Å². The molecule has 156 valence electrons. The first-order valence-electron chi connectivity index (χ1n) is 9.53. The Morgan fingerprint density at radius 2 is 1.97 bits per heavy atom. The lowest BCUT2D eigenvalue weighted by Crippen LogP contribution is -2.17. The zero-order valence-corrected chi connectivity index (χ0v) is 17.1. The number of nitriles is 1. The second-order valence-corrected chi connectivity index (χ2v) is 7.79. The predicted molar refractivity (Wildman–Crippen MR) is 115 cm³/mol. The van der Waals surface area contributed by atoms with Gasteiger partial charge in [0.2, 0.25) is 0 Å². The minimum atomic E-state index is -2.80. The van der Waals surface area contributed by atoms with Crippen LogP contribution >= 0.6 is 11.8 Å². The standard InChI is InChI=1S/C22H17F2N5OS/c23-20(24)14-12-18(16-6-3-4-9-26-16)27-21(15(14)13-25)31-11-5-10-29-19-8-2-1-7-17(19)28-22(29)30/h1-4,6-9,12,20H,5,10-11H2,(H,28,30). The van der Waals surface area contributed by atoms with E-state index in [1.54, 1.807) is 29.0 Å². The number of imidazole rings is 1. The van der Waals surface area contributed by atoms with Gasteiger partial charge in [-0.25, -0.2) is 18.6 Å². The lowest BCUT2D eigenvalue weighted by atomic mass is 10.1. The molecule has 6 nitrogen and oxygen atoms in total. The van der Waals surface area contributed by atoms with Crippen LogP contribution in [0.2, 0.25) is 0 Å². The van der Waals surface area contributed by atoms with E-state index in [4.69, 9.17) is 0 Å². The Kier molecular flexibility index (Phi) is 6.09. The molecular formula is C22H17F2N5OS. The molecule has 0 saturated carbocycles. The third-order valence-electron chi connectivity index (χ3n) is 4.74. The molecule has 0 bridgehead atoms. The third kappa shape index (κ3) is 4.34. The molecule has 0 saturated heterocycles. The second-order valence-electron chi connectivity index (χ2n) is 6.71. The number of H-pyrrole nitrogens is 1. The van der Waals surface area contributed by atoms with Gasteiger partial charge in [-0.1, -0.05) is 18.2 Å². The molecule has 3 heterocycles. The Hall–Kier alpha value is -3.51. The number of aryl methyl sites for hydroxylation is 1. The van der Waals surface area contributed by atoms with Gasteiger partial charge >= 0.3 is 5.69 Å². The van der Waals surface area contributed by atoms with Gasteiger partial charge in [0, 0.05) is 24.1 Å². The highest BCUT2D eigenvalue weighted by Crippen LogP contribution is 2.33. The van der Waals surface area contributed by atoms with Crippen LogP contribution in [-0.2, 0) is 6.54 Å². The van der Waals surface area contributed by atoms with Crippen LogP contribution in [0.4, 0.5) is 8.78 Å². The maximum atomic E-state index is 13.6. The van der Waals surface area contributed by atoms with Crippen molar-refractivity contribution in [2.24, 2.45) is 0 Å². The molecule has 0 aliphatic heterocycles. The van der Waals surface area contributed by atoms with Gasteiger partial charge in [-0.05, 0) is 36.8 Å². The maximum absolute atomic E-state index is 13.6. The van der Waals surface area contributed by atoms with Crippen molar-refractivity contribution >= 4 is 22.8 Å². The smallest absolute Gasteiger partial charge is 0.306 e.